The lowest BCUT2D eigenvalue weighted by Gasteiger charge is -2.16. The molecule has 0 spiro atoms. The first kappa shape index (κ1) is 7.88. The van der Waals surface area contributed by atoms with E-state index in [4.69, 9.17) is 11.6 Å². The molecule has 2 rings (SSSR count). The average molecular weight is 174 g/mol. The van der Waals surface area contributed by atoms with Crippen molar-refractivity contribution in [2.75, 3.05) is 25.5 Å². The van der Waals surface area contributed by atoms with Crippen molar-refractivity contribution in [1.29, 1.82) is 0 Å². The van der Waals surface area contributed by atoms with E-state index in [9.17, 15) is 0 Å². The molecular weight excluding hydrogens is 158 g/mol. The van der Waals surface area contributed by atoms with E-state index >= 15 is 0 Å². The number of unbranched alkanes of at least 4 members (excludes halogenated alkanes) is 1. The zero-order valence-electron chi connectivity index (χ0n) is 6.93. The molecule has 0 aromatic heterocycles. The Balaban J connectivity index is 1.57. The zero-order valence-corrected chi connectivity index (χ0v) is 7.69. The lowest BCUT2D eigenvalue weighted by atomic mass is 10.3. The van der Waals surface area contributed by atoms with Crippen molar-refractivity contribution < 1.29 is 0 Å². The fraction of sp³-hybridized carbons (Fsp3) is 1.00. The summed E-state index contributed by atoms with van der Waals surface area (Å²) >= 11 is 5.61. The standard InChI is InChI=1S/C9H16ClN/c10-3-1-2-4-11-6-8-5-9(8)7-11/h8-9H,1-7H2. The molecule has 2 aliphatic rings. The quantitative estimate of drug-likeness (QED) is 0.464. The Morgan fingerprint density at radius 2 is 1.91 bits per heavy atom. The molecule has 0 amide bonds. The second kappa shape index (κ2) is 3.32. The number of rotatable bonds is 4. The molecule has 0 bridgehead atoms. The molecule has 1 nitrogen and oxygen atoms in total. The van der Waals surface area contributed by atoms with E-state index in [0.29, 0.717) is 0 Å². The second-order valence-corrected chi connectivity index (χ2v) is 4.29. The third kappa shape index (κ3) is 1.88. The maximum atomic E-state index is 5.61. The first-order valence-electron chi connectivity index (χ1n) is 4.68. The molecule has 1 saturated carbocycles. The predicted molar refractivity (Wildman–Crippen MR) is 48.0 cm³/mol. The molecule has 0 aromatic rings. The minimum Gasteiger partial charge on any atom is -0.303 e. The van der Waals surface area contributed by atoms with Gasteiger partial charge in [0.05, 0.1) is 0 Å². The van der Waals surface area contributed by atoms with Crippen molar-refractivity contribution in [3.63, 3.8) is 0 Å². The van der Waals surface area contributed by atoms with Gasteiger partial charge in [0.2, 0.25) is 0 Å². The first-order valence-corrected chi connectivity index (χ1v) is 5.22. The molecule has 11 heavy (non-hydrogen) atoms. The van der Waals surface area contributed by atoms with Crippen LogP contribution in [0.1, 0.15) is 19.3 Å². The maximum Gasteiger partial charge on any atom is 0.0223 e. The molecule has 1 saturated heterocycles. The fourth-order valence-corrected chi connectivity index (χ4v) is 2.30. The minimum atomic E-state index is 0.834. The van der Waals surface area contributed by atoms with E-state index < -0.39 is 0 Å². The Bertz CT molecular complexity index is 128. The number of halogens is 1. The van der Waals surface area contributed by atoms with Crippen molar-refractivity contribution in [2.24, 2.45) is 11.8 Å². The van der Waals surface area contributed by atoms with E-state index in [0.717, 1.165) is 17.7 Å². The summed E-state index contributed by atoms with van der Waals surface area (Å²) in [6.07, 6.45) is 4.00. The van der Waals surface area contributed by atoms with Gasteiger partial charge in [0.1, 0.15) is 0 Å². The minimum absolute atomic E-state index is 0.834. The number of alkyl halides is 1. The van der Waals surface area contributed by atoms with Gasteiger partial charge >= 0.3 is 0 Å². The van der Waals surface area contributed by atoms with Crippen LogP contribution in [0.5, 0.6) is 0 Å². The van der Waals surface area contributed by atoms with Crippen LogP contribution in [-0.4, -0.2) is 30.4 Å². The molecule has 0 aromatic carbocycles. The second-order valence-electron chi connectivity index (χ2n) is 3.91. The van der Waals surface area contributed by atoms with E-state index in [1.54, 1.807) is 0 Å². The van der Waals surface area contributed by atoms with Gasteiger partial charge in [-0.15, -0.1) is 11.6 Å². The van der Waals surface area contributed by atoms with Gasteiger partial charge < -0.3 is 4.90 Å². The molecule has 2 unspecified atom stereocenters. The highest BCUT2D eigenvalue weighted by Crippen LogP contribution is 2.44. The number of hydrogen-bond acceptors (Lipinski definition) is 1. The average Bonchev–Trinajstić information content (AvgIpc) is 2.61. The van der Waals surface area contributed by atoms with Crippen LogP contribution in [0.4, 0.5) is 0 Å². The fourth-order valence-electron chi connectivity index (χ4n) is 2.11. The van der Waals surface area contributed by atoms with Crippen LogP contribution in [0.3, 0.4) is 0 Å². The van der Waals surface area contributed by atoms with Gasteiger partial charge in [-0.05, 0) is 37.6 Å². The molecule has 2 atom stereocenters. The van der Waals surface area contributed by atoms with Gasteiger partial charge in [-0.3, -0.25) is 0 Å². The van der Waals surface area contributed by atoms with Gasteiger partial charge in [0, 0.05) is 19.0 Å². The summed E-state index contributed by atoms with van der Waals surface area (Å²) in [6, 6.07) is 0. The maximum absolute atomic E-state index is 5.61. The molecule has 64 valence electrons. The lowest BCUT2D eigenvalue weighted by molar-refractivity contribution is 0.300. The molecular formula is C9H16ClN. The number of piperidine rings is 1. The highest BCUT2D eigenvalue weighted by atomic mass is 35.5. The molecule has 0 radical (unpaired) electrons. The highest BCUT2D eigenvalue weighted by Gasteiger charge is 2.44. The summed E-state index contributed by atoms with van der Waals surface area (Å²) in [5.41, 5.74) is 0. The van der Waals surface area contributed by atoms with E-state index in [1.807, 2.05) is 0 Å². The Hall–Kier alpha value is 0.250. The van der Waals surface area contributed by atoms with Crippen LogP contribution < -0.4 is 0 Å². The summed E-state index contributed by atoms with van der Waals surface area (Å²) in [5, 5.41) is 0. The molecule has 2 fully saturated rings. The van der Waals surface area contributed by atoms with Crippen molar-refractivity contribution in [1.82, 2.24) is 4.90 Å². The summed E-state index contributed by atoms with van der Waals surface area (Å²) in [5.74, 6) is 3.01. The normalized spacial score (nSPS) is 35.7. The Morgan fingerprint density at radius 1 is 1.18 bits per heavy atom. The Labute approximate surface area is 73.7 Å². The lowest BCUT2D eigenvalue weighted by Crippen LogP contribution is -2.23. The molecule has 1 aliphatic carbocycles. The van der Waals surface area contributed by atoms with Crippen LogP contribution in [0, 0.1) is 11.8 Å². The molecule has 1 aliphatic heterocycles. The summed E-state index contributed by atoms with van der Waals surface area (Å²) in [7, 11) is 0. The molecule has 2 heteroatoms. The molecule has 0 N–H and O–H groups in total. The number of nitrogens with zero attached hydrogens (tertiary/aromatic N) is 1. The van der Waals surface area contributed by atoms with Crippen LogP contribution in [0.15, 0.2) is 0 Å². The summed E-state index contributed by atoms with van der Waals surface area (Å²) in [4.78, 5) is 2.60. The number of likely N-dealkylation sites (tertiary alicyclic amines) is 1. The smallest absolute Gasteiger partial charge is 0.0223 e. The van der Waals surface area contributed by atoms with Gasteiger partial charge in [-0.2, -0.15) is 0 Å². The Kier molecular flexibility index (Phi) is 2.38. The number of hydrogen-bond donors (Lipinski definition) is 0. The van der Waals surface area contributed by atoms with Crippen molar-refractivity contribution in [2.45, 2.75) is 19.3 Å². The van der Waals surface area contributed by atoms with Crippen LogP contribution in [0.2, 0.25) is 0 Å². The monoisotopic (exact) mass is 173 g/mol. The van der Waals surface area contributed by atoms with Crippen molar-refractivity contribution in [3.8, 4) is 0 Å². The van der Waals surface area contributed by atoms with Crippen LogP contribution in [-0.2, 0) is 0 Å². The predicted octanol–water partition coefficient (Wildman–Crippen LogP) is 1.96. The van der Waals surface area contributed by atoms with Gasteiger partial charge in [0.15, 0.2) is 0 Å². The van der Waals surface area contributed by atoms with Crippen LogP contribution in [0.25, 0.3) is 0 Å². The topological polar surface area (TPSA) is 3.24 Å². The Morgan fingerprint density at radius 3 is 2.55 bits per heavy atom. The first-order chi connectivity index (χ1) is 5.40. The van der Waals surface area contributed by atoms with Crippen molar-refractivity contribution in [3.05, 3.63) is 0 Å². The summed E-state index contributed by atoms with van der Waals surface area (Å²) < 4.78 is 0. The molecule has 1 heterocycles. The van der Waals surface area contributed by atoms with Gasteiger partial charge in [0.25, 0.3) is 0 Å². The van der Waals surface area contributed by atoms with E-state index in [-0.39, 0.29) is 0 Å². The van der Waals surface area contributed by atoms with Gasteiger partial charge in [-0.1, -0.05) is 0 Å². The largest absolute Gasteiger partial charge is 0.303 e. The number of fused-ring (bicyclic) bond motifs is 1. The van der Waals surface area contributed by atoms with Crippen molar-refractivity contribution >= 4 is 11.6 Å². The zero-order chi connectivity index (χ0) is 7.68. The highest BCUT2D eigenvalue weighted by molar-refractivity contribution is 6.17. The van der Waals surface area contributed by atoms with Crippen LogP contribution >= 0.6 is 11.6 Å². The summed E-state index contributed by atoms with van der Waals surface area (Å²) in [6.45, 7) is 4.06. The van der Waals surface area contributed by atoms with E-state index in [1.165, 1.54) is 38.9 Å². The third-order valence-corrected chi connectivity index (χ3v) is 3.18. The van der Waals surface area contributed by atoms with E-state index in [2.05, 4.69) is 4.90 Å². The SMILES string of the molecule is ClCCCCN1CC2CC2C1. The van der Waals surface area contributed by atoms with Gasteiger partial charge in [-0.25, -0.2) is 0 Å². The third-order valence-electron chi connectivity index (χ3n) is 2.91.